The fourth-order valence-corrected chi connectivity index (χ4v) is 4.54. The highest BCUT2D eigenvalue weighted by atomic mass is 16.1. The smallest absolute Gasteiger partial charge is 0.223 e. The Labute approximate surface area is 130 Å². The van der Waals surface area contributed by atoms with Crippen LogP contribution in [0.15, 0.2) is 0 Å². The molecule has 1 amide bonds. The second-order valence-corrected chi connectivity index (χ2v) is 7.30. The van der Waals surface area contributed by atoms with E-state index in [4.69, 9.17) is 5.73 Å². The Hall–Kier alpha value is -0.570. The number of carbonyl (C=O) groups is 1. The van der Waals surface area contributed by atoms with Crippen molar-refractivity contribution in [2.24, 2.45) is 29.4 Å². The van der Waals surface area contributed by atoms with Crippen molar-refractivity contribution in [2.75, 3.05) is 6.54 Å². The molecule has 0 radical (unpaired) electrons. The number of amides is 1. The van der Waals surface area contributed by atoms with Crippen molar-refractivity contribution in [1.29, 1.82) is 0 Å². The van der Waals surface area contributed by atoms with Crippen LogP contribution in [-0.2, 0) is 4.79 Å². The molecule has 0 aromatic carbocycles. The number of fused-ring (bicyclic) bond motifs is 1. The maximum Gasteiger partial charge on any atom is 0.223 e. The zero-order valence-electron chi connectivity index (χ0n) is 13.9. The maximum atomic E-state index is 12.4. The highest BCUT2D eigenvalue weighted by Crippen LogP contribution is 2.42. The summed E-state index contributed by atoms with van der Waals surface area (Å²) in [7, 11) is 0. The molecule has 122 valence electrons. The Balaban J connectivity index is 1.76. The van der Waals surface area contributed by atoms with Crippen molar-refractivity contribution in [3.8, 4) is 0 Å². The van der Waals surface area contributed by atoms with Gasteiger partial charge in [-0.25, -0.2) is 0 Å². The highest BCUT2D eigenvalue weighted by Gasteiger charge is 2.35. The lowest BCUT2D eigenvalue weighted by Gasteiger charge is -2.38. The van der Waals surface area contributed by atoms with E-state index in [9.17, 15) is 4.79 Å². The van der Waals surface area contributed by atoms with Crippen molar-refractivity contribution in [1.82, 2.24) is 5.32 Å². The van der Waals surface area contributed by atoms with Crippen molar-refractivity contribution < 1.29 is 4.79 Å². The summed E-state index contributed by atoms with van der Waals surface area (Å²) < 4.78 is 0. The number of hydrogen-bond donors (Lipinski definition) is 2. The molecular weight excluding hydrogens is 260 g/mol. The molecule has 2 aliphatic rings. The zero-order chi connectivity index (χ0) is 15.2. The standard InChI is InChI=1S/C18H34N2O/c1-3-13(4-2)17(19)12-20-18(21)16-10-9-14-7-5-6-8-15(14)11-16/h13-17H,3-12,19H2,1-2H3,(H,20,21). The Morgan fingerprint density at radius 3 is 2.43 bits per heavy atom. The van der Waals surface area contributed by atoms with Crippen LogP contribution in [0.3, 0.4) is 0 Å². The van der Waals surface area contributed by atoms with Crippen LogP contribution in [0.5, 0.6) is 0 Å². The minimum atomic E-state index is 0.106. The van der Waals surface area contributed by atoms with E-state index < -0.39 is 0 Å². The van der Waals surface area contributed by atoms with Crippen LogP contribution >= 0.6 is 0 Å². The van der Waals surface area contributed by atoms with Gasteiger partial charge in [0.1, 0.15) is 0 Å². The SMILES string of the molecule is CCC(CC)C(N)CNC(=O)C1CCC2CCCCC2C1. The zero-order valence-corrected chi connectivity index (χ0v) is 13.9. The molecule has 2 saturated carbocycles. The van der Waals surface area contributed by atoms with Gasteiger partial charge in [0.25, 0.3) is 0 Å². The molecule has 0 spiro atoms. The molecule has 21 heavy (non-hydrogen) atoms. The summed E-state index contributed by atoms with van der Waals surface area (Å²) in [5.41, 5.74) is 6.21. The Morgan fingerprint density at radius 1 is 1.10 bits per heavy atom. The van der Waals surface area contributed by atoms with Gasteiger partial charge in [0.15, 0.2) is 0 Å². The monoisotopic (exact) mass is 294 g/mol. The van der Waals surface area contributed by atoms with E-state index in [1.54, 1.807) is 0 Å². The van der Waals surface area contributed by atoms with Crippen molar-refractivity contribution >= 4 is 5.91 Å². The predicted molar refractivity (Wildman–Crippen MR) is 87.8 cm³/mol. The van der Waals surface area contributed by atoms with Gasteiger partial charge in [-0.3, -0.25) is 4.79 Å². The largest absolute Gasteiger partial charge is 0.354 e. The van der Waals surface area contributed by atoms with E-state index in [0.29, 0.717) is 12.5 Å². The van der Waals surface area contributed by atoms with Gasteiger partial charge in [-0.1, -0.05) is 52.4 Å². The van der Waals surface area contributed by atoms with Crippen LogP contribution in [0.25, 0.3) is 0 Å². The molecule has 2 fully saturated rings. The van der Waals surface area contributed by atoms with Crippen LogP contribution in [0.4, 0.5) is 0 Å². The third kappa shape index (κ3) is 4.45. The number of rotatable bonds is 6. The molecule has 2 aliphatic carbocycles. The first-order valence-corrected chi connectivity index (χ1v) is 9.18. The molecule has 3 N–H and O–H groups in total. The molecule has 4 atom stereocenters. The van der Waals surface area contributed by atoms with Crippen LogP contribution in [0, 0.1) is 23.7 Å². The summed E-state index contributed by atoms with van der Waals surface area (Å²) in [6.45, 7) is 5.01. The lowest BCUT2D eigenvalue weighted by atomic mass is 9.67. The quantitative estimate of drug-likeness (QED) is 0.788. The second-order valence-electron chi connectivity index (χ2n) is 7.30. The third-order valence-electron chi connectivity index (χ3n) is 6.08. The molecule has 0 aromatic heterocycles. The molecule has 0 saturated heterocycles. The average Bonchev–Trinajstić information content (AvgIpc) is 2.53. The summed E-state index contributed by atoms with van der Waals surface area (Å²) in [5, 5.41) is 3.13. The first kappa shape index (κ1) is 16.8. The number of carbonyl (C=O) groups excluding carboxylic acids is 1. The van der Waals surface area contributed by atoms with E-state index in [2.05, 4.69) is 19.2 Å². The van der Waals surface area contributed by atoms with E-state index in [1.165, 1.54) is 32.1 Å². The highest BCUT2D eigenvalue weighted by molar-refractivity contribution is 5.78. The topological polar surface area (TPSA) is 55.1 Å². The minimum absolute atomic E-state index is 0.106. The fourth-order valence-electron chi connectivity index (χ4n) is 4.54. The summed E-state index contributed by atoms with van der Waals surface area (Å²) in [6, 6.07) is 0.106. The summed E-state index contributed by atoms with van der Waals surface area (Å²) in [5.74, 6) is 2.77. The molecule has 4 unspecified atom stereocenters. The molecule has 3 nitrogen and oxygen atoms in total. The maximum absolute atomic E-state index is 12.4. The second kappa shape index (κ2) is 8.17. The fraction of sp³-hybridized carbons (Fsp3) is 0.944. The molecule has 0 aliphatic heterocycles. The van der Waals surface area contributed by atoms with Crippen molar-refractivity contribution in [2.45, 2.75) is 77.7 Å². The van der Waals surface area contributed by atoms with Gasteiger partial charge in [-0.2, -0.15) is 0 Å². The third-order valence-corrected chi connectivity index (χ3v) is 6.08. The Bertz CT molecular complexity index is 327. The van der Waals surface area contributed by atoms with Crippen LogP contribution in [0.1, 0.15) is 71.6 Å². The molecule has 2 rings (SSSR count). The van der Waals surface area contributed by atoms with Gasteiger partial charge in [0.2, 0.25) is 5.91 Å². The van der Waals surface area contributed by atoms with E-state index >= 15 is 0 Å². The normalized spacial score (nSPS) is 30.8. The van der Waals surface area contributed by atoms with Crippen LogP contribution in [0.2, 0.25) is 0 Å². The lowest BCUT2D eigenvalue weighted by Crippen LogP contribution is -2.45. The van der Waals surface area contributed by atoms with Crippen molar-refractivity contribution in [3.63, 3.8) is 0 Å². The molecule has 0 aromatic rings. The predicted octanol–water partition coefficient (Wildman–Crippen LogP) is 3.47. The van der Waals surface area contributed by atoms with Gasteiger partial charge >= 0.3 is 0 Å². The van der Waals surface area contributed by atoms with Crippen molar-refractivity contribution in [3.05, 3.63) is 0 Å². The summed E-state index contributed by atoms with van der Waals surface area (Å²) >= 11 is 0. The van der Waals surface area contributed by atoms with E-state index in [0.717, 1.165) is 37.5 Å². The summed E-state index contributed by atoms with van der Waals surface area (Å²) in [4.78, 5) is 12.4. The van der Waals surface area contributed by atoms with Gasteiger partial charge in [0, 0.05) is 18.5 Å². The van der Waals surface area contributed by atoms with Gasteiger partial charge in [-0.05, 0) is 37.0 Å². The van der Waals surface area contributed by atoms with Gasteiger partial charge < -0.3 is 11.1 Å². The summed E-state index contributed by atoms with van der Waals surface area (Å²) in [6.07, 6.45) is 11.2. The number of hydrogen-bond acceptors (Lipinski definition) is 2. The van der Waals surface area contributed by atoms with Crippen LogP contribution < -0.4 is 11.1 Å². The number of nitrogens with one attached hydrogen (secondary N) is 1. The van der Waals surface area contributed by atoms with Gasteiger partial charge in [0.05, 0.1) is 0 Å². The molecule has 0 bridgehead atoms. The van der Waals surface area contributed by atoms with E-state index in [-0.39, 0.29) is 17.9 Å². The first-order chi connectivity index (χ1) is 10.2. The molecule has 0 heterocycles. The Morgan fingerprint density at radius 2 is 1.76 bits per heavy atom. The Kier molecular flexibility index (Phi) is 6.53. The first-order valence-electron chi connectivity index (χ1n) is 9.18. The lowest BCUT2D eigenvalue weighted by molar-refractivity contribution is -0.127. The molecular formula is C18H34N2O. The number of nitrogens with two attached hydrogens (primary N) is 1. The van der Waals surface area contributed by atoms with E-state index in [1.807, 2.05) is 0 Å². The molecule has 3 heteroatoms. The van der Waals surface area contributed by atoms with Crippen LogP contribution in [-0.4, -0.2) is 18.5 Å². The minimum Gasteiger partial charge on any atom is -0.354 e. The average molecular weight is 294 g/mol. The van der Waals surface area contributed by atoms with Gasteiger partial charge in [-0.15, -0.1) is 0 Å².